The molecule has 8 unspecified atom stereocenters. The summed E-state index contributed by atoms with van der Waals surface area (Å²) in [4.78, 5) is 25.9. The first-order chi connectivity index (χ1) is 20.1. The van der Waals surface area contributed by atoms with Crippen molar-refractivity contribution in [1.82, 2.24) is 9.78 Å². The monoisotopic (exact) mass is 586 g/mol. The van der Waals surface area contributed by atoms with Crippen LogP contribution in [0.25, 0.3) is 11.8 Å². The van der Waals surface area contributed by atoms with E-state index in [0.717, 1.165) is 24.2 Å². The molecule has 1 aromatic heterocycles. The van der Waals surface area contributed by atoms with Gasteiger partial charge in [-0.2, -0.15) is 5.10 Å². The molecular formula is C36H46N2O5. The van der Waals surface area contributed by atoms with Gasteiger partial charge in [0.25, 0.3) is 0 Å². The molecule has 0 radical (unpaired) electrons. The number of hydrogen-bond donors (Lipinski definition) is 1. The van der Waals surface area contributed by atoms with Crippen LogP contribution in [0.4, 0.5) is 0 Å². The number of carbonyl (C=O) groups is 2. The number of rotatable bonds is 5. The van der Waals surface area contributed by atoms with Crippen LogP contribution in [0.1, 0.15) is 79.5 Å². The molecule has 0 saturated heterocycles. The van der Waals surface area contributed by atoms with Crippen molar-refractivity contribution in [2.75, 3.05) is 6.61 Å². The van der Waals surface area contributed by atoms with Crippen LogP contribution in [0.15, 0.2) is 53.8 Å². The Hall–Kier alpha value is -3.03. The summed E-state index contributed by atoms with van der Waals surface area (Å²) >= 11 is 0. The largest absolute Gasteiger partial charge is 0.458 e. The van der Waals surface area contributed by atoms with Crippen LogP contribution in [-0.2, 0) is 25.5 Å². The van der Waals surface area contributed by atoms with E-state index in [9.17, 15) is 14.7 Å². The average Bonchev–Trinajstić information content (AvgIpc) is 3.41. The van der Waals surface area contributed by atoms with Gasteiger partial charge in [-0.15, -0.1) is 0 Å². The lowest BCUT2D eigenvalue weighted by Gasteiger charge is -2.60. The number of benzene rings is 1. The average molecular weight is 587 g/mol. The Morgan fingerprint density at radius 3 is 2.51 bits per heavy atom. The van der Waals surface area contributed by atoms with Crippen LogP contribution < -0.4 is 0 Å². The highest BCUT2D eigenvalue weighted by Gasteiger charge is 2.72. The molecule has 1 aromatic carbocycles. The van der Waals surface area contributed by atoms with Gasteiger partial charge in [-0.3, -0.25) is 9.59 Å². The van der Waals surface area contributed by atoms with E-state index < -0.39 is 28.7 Å². The van der Waals surface area contributed by atoms with Crippen LogP contribution in [0.2, 0.25) is 0 Å². The molecule has 1 N–H and O–H groups in total. The number of aliphatic hydroxyl groups is 1. The Morgan fingerprint density at radius 2 is 1.86 bits per heavy atom. The third kappa shape index (κ3) is 4.40. The van der Waals surface area contributed by atoms with Crippen LogP contribution >= 0.6 is 0 Å². The van der Waals surface area contributed by atoms with Crippen molar-refractivity contribution >= 4 is 17.8 Å². The molecule has 2 saturated carbocycles. The molecule has 0 bridgehead atoms. The minimum Gasteiger partial charge on any atom is -0.458 e. The minimum atomic E-state index is -1.19. The Bertz CT molecular complexity index is 1520. The van der Waals surface area contributed by atoms with Gasteiger partial charge in [0.2, 0.25) is 5.78 Å². The second kappa shape index (κ2) is 10.00. The third-order valence-corrected chi connectivity index (χ3v) is 11.1. The first kappa shape index (κ1) is 30.0. The number of nitrogens with zero attached hydrogens (tertiary/aromatic N) is 2. The van der Waals surface area contributed by atoms with Crippen molar-refractivity contribution in [1.29, 1.82) is 0 Å². The van der Waals surface area contributed by atoms with Gasteiger partial charge in [-0.25, -0.2) is 4.68 Å². The maximum absolute atomic E-state index is 14.2. The van der Waals surface area contributed by atoms with Crippen molar-refractivity contribution in [2.45, 2.75) is 92.0 Å². The second-order valence-electron chi connectivity index (χ2n) is 15.0. The fourth-order valence-corrected chi connectivity index (χ4v) is 9.78. The van der Waals surface area contributed by atoms with E-state index in [1.807, 2.05) is 49.8 Å². The van der Waals surface area contributed by atoms with E-state index in [0.29, 0.717) is 6.42 Å². The molecule has 2 aromatic rings. The number of Topliss-reactive ketones (excluding diaryl/α,β-unsaturated/α-hetero) is 1. The van der Waals surface area contributed by atoms with Gasteiger partial charge in [0.05, 0.1) is 29.3 Å². The van der Waals surface area contributed by atoms with E-state index in [-0.39, 0.29) is 41.5 Å². The fourth-order valence-electron chi connectivity index (χ4n) is 9.78. The van der Waals surface area contributed by atoms with Gasteiger partial charge in [0, 0.05) is 23.7 Å². The van der Waals surface area contributed by atoms with Crippen molar-refractivity contribution in [2.24, 2.45) is 34.5 Å². The predicted molar refractivity (Wildman–Crippen MR) is 165 cm³/mol. The van der Waals surface area contributed by atoms with Crippen LogP contribution in [-0.4, -0.2) is 50.6 Å². The number of aromatic nitrogens is 2. The molecule has 0 amide bonds. The van der Waals surface area contributed by atoms with E-state index in [1.165, 1.54) is 23.6 Å². The minimum absolute atomic E-state index is 0.0186. The number of esters is 1. The summed E-state index contributed by atoms with van der Waals surface area (Å²) in [7, 11) is 0. The maximum Gasteiger partial charge on any atom is 0.303 e. The highest BCUT2D eigenvalue weighted by molar-refractivity contribution is 5.91. The molecule has 230 valence electrons. The van der Waals surface area contributed by atoms with E-state index in [2.05, 4.69) is 52.0 Å². The van der Waals surface area contributed by atoms with Gasteiger partial charge >= 0.3 is 5.97 Å². The standard InChI is InChI=1S/C36H46N2O5/c1-21-14-26-28-15-22(2)36(43-33(4,5)6,31(41)20-42-23(3)39)35(28,8)18-30(40)32(26)34(7)17-24-19-37-38(29(24)16-27(21)34)25-12-10-9-11-13-25/h9-14,16,19,22,26,28,30,32,40H,15,17-18,20H2,1-8H3. The first-order valence-corrected chi connectivity index (χ1v) is 15.7. The number of carbonyl (C=O) groups excluding carboxylic acids is 2. The zero-order valence-electron chi connectivity index (χ0n) is 26.8. The summed E-state index contributed by atoms with van der Waals surface area (Å²) in [6.45, 7) is 15.6. The number of aliphatic hydroxyl groups excluding tert-OH is 1. The van der Waals surface area contributed by atoms with Crippen molar-refractivity contribution in [3.8, 4) is 5.69 Å². The molecule has 7 heteroatoms. The molecule has 8 atom stereocenters. The van der Waals surface area contributed by atoms with Gasteiger partial charge in [0.15, 0.2) is 6.61 Å². The zero-order chi connectivity index (χ0) is 31.1. The SMILES string of the molecule is CC(=O)OCC(=O)C1(OC(C)(C)C)C(C)CC2C3C=C(C)C4=Cc5c(cnn5-c5ccccc5)CC4(C)C3C(O)CC21C. The summed E-state index contributed by atoms with van der Waals surface area (Å²) in [5.74, 6) is -0.649. The smallest absolute Gasteiger partial charge is 0.303 e. The van der Waals surface area contributed by atoms with Crippen LogP contribution in [0.3, 0.4) is 0 Å². The lowest BCUT2D eigenvalue weighted by molar-refractivity contribution is -0.225. The third-order valence-electron chi connectivity index (χ3n) is 11.1. The van der Waals surface area contributed by atoms with Gasteiger partial charge in [-0.05, 0) is 94.1 Å². The summed E-state index contributed by atoms with van der Waals surface area (Å²) < 4.78 is 14.1. The molecule has 0 aliphatic heterocycles. The van der Waals surface area contributed by atoms with Crippen LogP contribution in [0.5, 0.6) is 0 Å². The molecule has 4 aliphatic carbocycles. The predicted octanol–water partition coefficient (Wildman–Crippen LogP) is 6.12. The number of para-hydroxylation sites is 1. The molecule has 7 nitrogen and oxygen atoms in total. The normalized spacial score (nSPS) is 36.4. The number of hydrogen-bond acceptors (Lipinski definition) is 6. The molecule has 4 aliphatic rings. The Kier molecular flexibility index (Phi) is 6.98. The van der Waals surface area contributed by atoms with E-state index >= 15 is 0 Å². The fraction of sp³-hybridized carbons (Fsp3) is 0.583. The summed E-state index contributed by atoms with van der Waals surface area (Å²) in [6.07, 6.45) is 8.01. The number of ketones is 1. The lowest BCUT2D eigenvalue weighted by atomic mass is 9.46. The second-order valence-corrected chi connectivity index (χ2v) is 15.0. The van der Waals surface area contributed by atoms with Crippen molar-refractivity contribution in [3.63, 3.8) is 0 Å². The molecule has 43 heavy (non-hydrogen) atoms. The lowest BCUT2D eigenvalue weighted by Crippen LogP contribution is -2.65. The summed E-state index contributed by atoms with van der Waals surface area (Å²) in [5.41, 5.74) is 3.06. The zero-order valence-corrected chi connectivity index (χ0v) is 26.8. The molecule has 6 rings (SSSR count). The summed E-state index contributed by atoms with van der Waals surface area (Å²) in [6, 6.07) is 10.2. The van der Waals surface area contributed by atoms with E-state index in [1.54, 1.807) is 0 Å². The van der Waals surface area contributed by atoms with Gasteiger partial charge in [-0.1, -0.05) is 50.6 Å². The number of ether oxygens (including phenoxy) is 2. The Labute approximate surface area is 255 Å². The van der Waals surface area contributed by atoms with Gasteiger partial charge in [0.1, 0.15) is 5.60 Å². The molecule has 1 heterocycles. The number of allylic oxidation sites excluding steroid dienone is 3. The van der Waals surface area contributed by atoms with E-state index in [4.69, 9.17) is 14.6 Å². The quantitative estimate of drug-likeness (QED) is 0.425. The van der Waals surface area contributed by atoms with Crippen molar-refractivity contribution in [3.05, 3.63) is 65.0 Å². The van der Waals surface area contributed by atoms with Crippen molar-refractivity contribution < 1.29 is 24.2 Å². The van der Waals surface area contributed by atoms with Gasteiger partial charge < -0.3 is 14.6 Å². The highest BCUT2D eigenvalue weighted by atomic mass is 16.6. The Morgan fingerprint density at radius 1 is 1.16 bits per heavy atom. The first-order valence-electron chi connectivity index (χ1n) is 15.7. The molecular weight excluding hydrogens is 540 g/mol. The Balaban J connectivity index is 1.44. The summed E-state index contributed by atoms with van der Waals surface area (Å²) in [5, 5.41) is 17.0. The highest BCUT2D eigenvalue weighted by Crippen LogP contribution is 2.69. The topological polar surface area (TPSA) is 90.7 Å². The molecule has 0 spiro atoms. The number of fused-ring (bicyclic) bond motifs is 6. The maximum atomic E-state index is 14.2. The van der Waals surface area contributed by atoms with Crippen LogP contribution in [0, 0.1) is 34.5 Å². The molecule has 2 fully saturated rings.